The van der Waals surface area contributed by atoms with Gasteiger partial charge in [-0.3, -0.25) is 9.59 Å². The Balaban J connectivity index is 1.94. The summed E-state index contributed by atoms with van der Waals surface area (Å²) in [6, 6.07) is 7.95. The zero-order chi connectivity index (χ0) is 20.4. The van der Waals surface area contributed by atoms with Crippen LogP contribution >= 0.6 is 11.6 Å². The van der Waals surface area contributed by atoms with Crippen molar-refractivity contribution in [2.24, 2.45) is 5.73 Å². The van der Waals surface area contributed by atoms with E-state index in [4.69, 9.17) is 22.1 Å². The number of pyridine rings is 2. The molecule has 0 aliphatic rings. The molecule has 0 aliphatic heterocycles. The summed E-state index contributed by atoms with van der Waals surface area (Å²) < 4.78 is 5.67. The summed E-state index contributed by atoms with van der Waals surface area (Å²) in [4.78, 5) is 30.9. The molecule has 0 spiro atoms. The van der Waals surface area contributed by atoms with Crippen LogP contribution < -0.4 is 21.3 Å². The summed E-state index contributed by atoms with van der Waals surface area (Å²) in [7, 11) is 0. The van der Waals surface area contributed by atoms with Gasteiger partial charge in [-0.2, -0.15) is 0 Å². The normalized spacial score (nSPS) is 12.2. The van der Waals surface area contributed by atoms with E-state index in [1.165, 1.54) is 12.3 Å². The van der Waals surface area contributed by atoms with Crippen molar-refractivity contribution < 1.29 is 9.53 Å². The molecular weight excluding hydrogens is 380 g/mol. The Morgan fingerprint density at radius 3 is 2.68 bits per heavy atom. The number of halogens is 1. The maximum absolute atomic E-state index is 12.6. The van der Waals surface area contributed by atoms with Gasteiger partial charge in [-0.15, -0.1) is 0 Å². The van der Waals surface area contributed by atoms with Gasteiger partial charge >= 0.3 is 0 Å². The second-order valence-electron chi connectivity index (χ2n) is 6.75. The van der Waals surface area contributed by atoms with E-state index in [0.29, 0.717) is 33.2 Å². The highest BCUT2D eigenvalue weighted by atomic mass is 35.5. The summed E-state index contributed by atoms with van der Waals surface area (Å²) >= 11 is 6.31. The highest BCUT2D eigenvalue weighted by Gasteiger charge is 2.14. The molecule has 0 aliphatic carbocycles. The van der Waals surface area contributed by atoms with Crippen LogP contribution in [0.3, 0.4) is 0 Å². The Morgan fingerprint density at radius 2 is 2.00 bits per heavy atom. The first kappa shape index (κ1) is 19.7. The molecule has 28 heavy (non-hydrogen) atoms. The minimum atomic E-state index is -0.546. The molecule has 0 saturated heterocycles. The van der Waals surface area contributed by atoms with Gasteiger partial charge < -0.3 is 20.8 Å². The van der Waals surface area contributed by atoms with Crippen LogP contribution in [0.2, 0.25) is 5.02 Å². The largest absolute Gasteiger partial charge is 0.489 e. The SMILES string of the molecule is CC(C)Oc1cc2[nH]c(=O)c(C(C)Nc3cc(C(N)=O)ccn3)cc2cc1Cl. The third-order valence-electron chi connectivity index (χ3n) is 4.16. The van der Waals surface area contributed by atoms with Crippen molar-refractivity contribution in [3.05, 3.63) is 63.0 Å². The van der Waals surface area contributed by atoms with Gasteiger partial charge in [-0.05, 0) is 45.0 Å². The fraction of sp³-hybridized carbons (Fsp3) is 0.250. The fourth-order valence-electron chi connectivity index (χ4n) is 2.85. The van der Waals surface area contributed by atoms with Gasteiger partial charge in [0.2, 0.25) is 5.91 Å². The molecule has 1 amide bonds. The molecule has 7 nitrogen and oxygen atoms in total. The predicted molar refractivity (Wildman–Crippen MR) is 110 cm³/mol. The Hall–Kier alpha value is -3.06. The maximum Gasteiger partial charge on any atom is 0.253 e. The zero-order valence-corrected chi connectivity index (χ0v) is 16.5. The van der Waals surface area contributed by atoms with E-state index in [1.54, 1.807) is 24.3 Å². The van der Waals surface area contributed by atoms with E-state index < -0.39 is 5.91 Å². The number of aromatic amines is 1. The third-order valence-corrected chi connectivity index (χ3v) is 4.46. The first-order chi connectivity index (χ1) is 13.2. The number of primary amides is 1. The molecular formula is C20H21ClN4O3. The zero-order valence-electron chi connectivity index (χ0n) is 15.7. The lowest BCUT2D eigenvalue weighted by molar-refractivity contribution is 0.1000. The van der Waals surface area contributed by atoms with Crippen LogP contribution in [-0.2, 0) is 0 Å². The van der Waals surface area contributed by atoms with Crippen LogP contribution in [0.15, 0.2) is 41.3 Å². The number of nitrogens with one attached hydrogen (secondary N) is 2. The molecule has 4 N–H and O–H groups in total. The van der Waals surface area contributed by atoms with Crippen molar-refractivity contribution in [1.82, 2.24) is 9.97 Å². The monoisotopic (exact) mass is 400 g/mol. The number of hydrogen-bond donors (Lipinski definition) is 3. The topological polar surface area (TPSA) is 110 Å². The molecule has 0 saturated carbocycles. The molecule has 1 unspecified atom stereocenters. The molecule has 146 valence electrons. The number of rotatable bonds is 6. The molecule has 3 aromatic rings. The predicted octanol–water partition coefficient (Wildman–Crippen LogP) is 3.64. The van der Waals surface area contributed by atoms with Crippen molar-refractivity contribution in [1.29, 1.82) is 0 Å². The number of nitrogens with zero attached hydrogens (tertiary/aromatic N) is 1. The molecule has 2 aromatic heterocycles. The second-order valence-corrected chi connectivity index (χ2v) is 7.16. The number of aromatic nitrogens is 2. The highest BCUT2D eigenvalue weighted by Crippen LogP contribution is 2.30. The number of ether oxygens (including phenoxy) is 1. The fourth-order valence-corrected chi connectivity index (χ4v) is 3.07. The number of carbonyl (C=O) groups excluding carboxylic acids is 1. The number of fused-ring (bicyclic) bond motifs is 1. The minimum absolute atomic E-state index is 0.0335. The molecule has 0 bridgehead atoms. The lowest BCUT2D eigenvalue weighted by atomic mass is 10.1. The average molecular weight is 401 g/mol. The Bertz CT molecular complexity index is 1090. The van der Waals surface area contributed by atoms with Crippen LogP contribution in [0.5, 0.6) is 5.75 Å². The van der Waals surface area contributed by atoms with Gasteiger partial charge in [0.1, 0.15) is 11.6 Å². The molecule has 0 fully saturated rings. The van der Waals surface area contributed by atoms with Gasteiger partial charge in [0.25, 0.3) is 5.56 Å². The van der Waals surface area contributed by atoms with Crippen LogP contribution in [0.25, 0.3) is 10.9 Å². The maximum atomic E-state index is 12.6. The van der Waals surface area contributed by atoms with E-state index in [2.05, 4.69) is 15.3 Å². The van der Waals surface area contributed by atoms with E-state index in [0.717, 1.165) is 5.39 Å². The number of hydrogen-bond acceptors (Lipinski definition) is 5. The van der Waals surface area contributed by atoms with Crippen LogP contribution in [0.4, 0.5) is 5.82 Å². The van der Waals surface area contributed by atoms with Crippen LogP contribution in [0.1, 0.15) is 42.7 Å². The summed E-state index contributed by atoms with van der Waals surface area (Å²) in [5, 5.41) is 4.36. The quantitative estimate of drug-likeness (QED) is 0.585. The summed E-state index contributed by atoms with van der Waals surface area (Å²) in [6.45, 7) is 5.63. The molecule has 3 rings (SSSR count). The molecule has 2 heterocycles. The van der Waals surface area contributed by atoms with Crippen molar-refractivity contribution in [3.8, 4) is 5.75 Å². The van der Waals surface area contributed by atoms with Crippen LogP contribution in [0, 0.1) is 0 Å². The standard InChI is InChI=1S/C20H21ClN4O3/c1-10(2)28-17-9-16-13(7-15(17)21)6-14(20(27)25-16)11(3)24-18-8-12(19(22)26)4-5-23-18/h4-11H,1-3H3,(H2,22,26)(H,23,24)(H,25,27). The first-order valence-corrected chi connectivity index (χ1v) is 9.18. The Labute approximate surface area is 166 Å². The van der Waals surface area contributed by atoms with Gasteiger partial charge in [-0.25, -0.2) is 4.98 Å². The van der Waals surface area contributed by atoms with Crippen molar-refractivity contribution in [2.45, 2.75) is 32.9 Å². The number of carbonyl (C=O) groups is 1. The van der Waals surface area contributed by atoms with E-state index in [-0.39, 0.29) is 17.7 Å². The van der Waals surface area contributed by atoms with E-state index >= 15 is 0 Å². The van der Waals surface area contributed by atoms with Gasteiger partial charge in [0.15, 0.2) is 0 Å². The summed E-state index contributed by atoms with van der Waals surface area (Å²) in [6.07, 6.45) is 1.45. The molecule has 1 atom stereocenters. The smallest absolute Gasteiger partial charge is 0.253 e. The number of H-pyrrole nitrogens is 1. The highest BCUT2D eigenvalue weighted by molar-refractivity contribution is 6.32. The van der Waals surface area contributed by atoms with Crippen molar-refractivity contribution in [2.75, 3.05) is 5.32 Å². The number of nitrogens with two attached hydrogens (primary N) is 1. The Kier molecular flexibility index (Phi) is 5.56. The lowest BCUT2D eigenvalue weighted by Crippen LogP contribution is -2.20. The molecule has 0 radical (unpaired) electrons. The number of benzene rings is 1. The van der Waals surface area contributed by atoms with Gasteiger partial charge in [-0.1, -0.05) is 11.6 Å². The molecule has 1 aromatic carbocycles. The number of anilines is 1. The van der Waals surface area contributed by atoms with Gasteiger partial charge in [0, 0.05) is 28.8 Å². The van der Waals surface area contributed by atoms with Crippen molar-refractivity contribution >= 4 is 34.2 Å². The van der Waals surface area contributed by atoms with Gasteiger partial charge in [0.05, 0.1) is 22.7 Å². The third kappa shape index (κ3) is 4.26. The Morgan fingerprint density at radius 1 is 1.25 bits per heavy atom. The van der Waals surface area contributed by atoms with Crippen molar-refractivity contribution in [3.63, 3.8) is 0 Å². The summed E-state index contributed by atoms with van der Waals surface area (Å²) in [5.41, 5.74) is 6.53. The molecule has 8 heteroatoms. The lowest BCUT2D eigenvalue weighted by Gasteiger charge is -2.16. The first-order valence-electron chi connectivity index (χ1n) is 8.80. The summed E-state index contributed by atoms with van der Waals surface area (Å²) in [5.74, 6) is 0.420. The van der Waals surface area contributed by atoms with E-state index in [9.17, 15) is 9.59 Å². The average Bonchev–Trinajstić information content (AvgIpc) is 2.62. The number of amides is 1. The minimum Gasteiger partial charge on any atom is -0.489 e. The second kappa shape index (κ2) is 7.90. The van der Waals surface area contributed by atoms with Crippen LogP contribution in [-0.4, -0.2) is 22.0 Å². The van der Waals surface area contributed by atoms with E-state index in [1.807, 2.05) is 20.8 Å².